The normalized spacial score (nSPS) is 12.6. The Labute approximate surface area is 71.8 Å². The van der Waals surface area contributed by atoms with Gasteiger partial charge >= 0.3 is 5.97 Å². The van der Waals surface area contributed by atoms with Crippen LogP contribution >= 0.6 is 0 Å². The number of hydrogen-bond acceptors (Lipinski definition) is 5. The van der Waals surface area contributed by atoms with E-state index in [0.29, 0.717) is 13.2 Å². The molecule has 0 amide bonds. The highest BCUT2D eigenvalue weighted by molar-refractivity contribution is 5.75. The molecule has 0 aromatic carbocycles. The molecule has 0 rings (SSSR count). The van der Waals surface area contributed by atoms with Gasteiger partial charge < -0.3 is 19.9 Å². The van der Waals surface area contributed by atoms with Gasteiger partial charge in [0.1, 0.15) is 6.04 Å². The molecule has 12 heavy (non-hydrogen) atoms. The van der Waals surface area contributed by atoms with Crippen LogP contribution in [-0.4, -0.2) is 46.1 Å². The van der Waals surface area contributed by atoms with Gasteiger partial charge in [-0.1, -0.05) is 0 Å². The molecule has 0 spiro atoms. The number of nitrogens with two attached hydrogens (primary N) is 1. The van der Waals surface area contributed by atoms with E-state index in [9.17, 15) is 4.79 Å². The quantitative estimate of drug-likeness (QED) is 0.422. The molecule has 0 fully saturated rings. The van der Waals surface area contributed by atoms with E-state index in [4.69, 9.17) is 15.2 Å². The van der Waals surface area contributed by atoms with E-state index >= 15 is 0 Å². The molecule has 0 aromatic heterocycles. The van der Waals surface area contributed by atoms with Crippen molar-refractivity contribution in [2.45, 2.75) is 6.04 Å². The summed E-state index contributed by atoms with van der Waals surface area (Å²) >= 11 is 0. The number of ether oxygens (including phenoxy) is 3. The van der Waals surface area contributed by atoms with Crippen molar-refractivity contribution in [3.8, 4) is 0 Å². The summed E-state index contributed by atoms with van der Waals surface area (Å²) in [5.74, 6) is -0.465. The van der Waals surface area contributed by atoms with Crippen molar-refractivity contribution in [1.29, 1.82) is 0 Å². The molecule has 0 saturated heterocycles. The summed E-state index contributed by atoms with van der Waals surface area (Å²) in [6.07, 6.45) is 0. The molecular weight excluding hydrogens is 162 g/mol. The van der Waals surface area contributed by atoms with Gasteiger partial charge in [0.15, 0.2) is 0 Å². The Bertz CT molecular complexity index is 129. The Morgan fingerprint density at radius 2 is 2.08 bits per heavy atom. The van der Waals surface area contributed by atoms with Crippen LogP contribution in [0.5, 0.6) is 0 Å². The van der Waals surface area contributed by atoms with Crippen molar-refractivity contribution < 1.29 is 19.0 Å². The first kappa shape index (κ1) is 11.4. The van der Waals surface area contributed by atoms with Crippen LogP contribution in [0.1, 0.15) is 0 Å². The summed E-state index contributed by atoms with van der Waals surface area (Å²) < 4.78 is 14.1. The first-order valence-corrected chi connectivity index (χ1v) is 3.62. The van der Waals surface area contributed by atoms with Crippen LogP contribution in [0, 0.1) is 0 Å². The second kappa shape index (κ2) is 7.02. The third kappa shape index (κ3) is 5.06. The van der Waals surface area contributed by atoms with Crippen molar-refractivity contribution in [1.82, 2.24) is 0 Å². The van der Waals surface area contributed by atoms with Crippen LogP contribution in [0.4, 0.5) is 0 Å². The van der Waals surface area contributed by atoms with E-state index in [1.54, 1.807) is 7.11 Å². The zero-order valence-corrected chi connectivity index (χ0v) is 7.41. The summed E-state index contributed by atoms with van der Waals surface area (Å²) in [6.45, 7) is 1.09. The lowest BCUT2D eigenvalue weighted by Crippen LogP contribution is -2.36. The number of hydrogen-bond donors (Lipinski definition) is 1. The molecule has 0 radical (unpaired) electrons. The SMILES string of the molecule is COCCOC[C@H](N)C(=O)OC. The largest absolute Gasteiger partial charge is 0.468 e. The zero-order valence-electron chi connectivity index (χ0n) is 7.41. The molecular formula is C7H15NO4. The molecule has 5 heteroatoms. The van der Waals surface area contributed by atoms with Gasteiger partial charge in [-0.2, -0.15) is 0 Å². The molecule has 0 aromatic rings. The minimum absolute atomic E-state index is 0.163. The van der Waals surface area contributed by atoms with Crippen LogP contribution in [0.2, 0.25) is 0 Å². The van der Waals surface area contributed by atoms with Gasteiger partial charge in [0.2, 0.25) is 0 Å². The van der Waals surface area contributed by atoms with E-state index in [-0.39, 0.29) is 6.61 Å². The summed E-state index contributed by atoms with van der Waals surface area (Å²) in [6, 6.07) is -0.702. The number of carbonyl (C=O) groups excluding carboxylic acids is 1. The summed E-state index contributed by atoms with van der Waals surface area (Å²) in [4.78, 5) is 10.7. The van der Waals surface area contributed by atoms with Crippen LogP contribution in [-0.2, 0) is 19.0 Å². The van der Waals surface area contributed by atoms with Crippen LogP contribution in [0.25, 0.3) is 0 Å². The van der Waals surface area contributed by atoms with Crippen molar-refractivity contribution in [2.24, 2.45) is 5.73 Å². The Kier molecular flexibility index (Phi) is 6.64. The summed E-state index contributed by atoms with van der Waals surface area (Å²) in [5.41, 5.74) is 5.37. The molecule has 1 atom stereocenters. The fourth-order valence-electron chi connectivity index (χ4n) is 0.572. The highest BCUT2D eigenvalue weighted by atomic mass is 16.5. The lowest BCUT2D eigenvalue weighted by Gasteiger charge is -2.08. The molecule has 72 valence electrons. The van der Waals surface area contributed by atoms with Gasteiger partial charge in [-0.15, -0.1) is 0 Å². The standard InChI is InChI=1S/C7H15NO4/c1-10-3-4-12-5-6(8)7(9)11-2/h6H,3-5,8H2,1-2H3/t6-/m0/s1. The van der Waals surface area contributed by atoms with E-state index in [1.807, 2.05) is 0 Å². The summed E-state index contributed by atoms with van der Waals surface area (Å²) in [5, 5.41) is 0. The maximum atomic E-state index is 10.7. The molecule has 0 saturated carbocycles. The molecule has 0 bridgehead atoms. The van der Waals surface area contributed by atoms with E-state index in [0.717, 1.165) is 0 Å². The Morgan fingerprint density at radius 3 is 2.58 bits per heavy atom. The topological polar surface area (TPSA) is 70.8 Å². The third-order valence-electron chi connectivity index (χ3n) is 1.23. The predicted molar refractivity (Wildman–Crippen MR) is 42.7 cm³/mol. The molecule has 0 heterocycles. The minimum Gasteiger partial charge on any atom is -0.468 e. The van der Waals surface area contributed by atoms with E-state index in [1.165, 1.54) is 7.11 Å². The maximum Gasteiger partial charge on any atom is 0.325 e. The number of rotatable bonds is 6. The average molecular weight is 177 g/mol. The van der Waals surface area contributed by atoms with Crippen LogP contribution in [0.3, 0.4) is 0 Å². The lowest BCUT2D eigenvalue weighted by molar-refractivity contribution is -0.143. The third-order valence-corrected chi connectivity index (χ3v) is 1.23. The maximum absolute atomic E-state index is 10.7. The number of methoxy groups -OCH3 is 2. The minimum atomic E-state index is -0.702. The Morgan fingerprint density at radius 1 is 1.42 bits per heavy atom. The van der Waals surface area contributed by atoms with Gasteiger partial charge in [-0.05, 0) is 0 Å². The molecule has 5 nitrogen and oxygen atoms in total. The highest BCUT2D eigenvalue weighted by Crippen LogP contribution is 1.85. The number of carbonyl (C=O) groups is 1. The van der Waals surface area contributed by atoms with Crippen molar-refractivity contribution >= 4 is 5.97 Å². The first-order chi connectivity index (χ1) is 5.72. The first-order valence-electron chi connectivity index (χ1n) is 3.62. The monoisotopic (exact) mass is 177 g/mol. The molecule has 2 N–H and O–H groups in total. The van der Waals surface area contributed by atoms with E-state index < -0.39 is 12.0 Å². The van der Waals surface area contributed by atoms with Gasteiger partial charge in [-0.25, -0.2) is 0 Å². The molecule has 0 aliphatic carbocycles. The second-order valence-corrected chi connectivity index (χ2v) is 2.20. The van der Waals surface area contributed by atoms with Gasteiger partial charge in [0.25, 0.3) is 0 Å². The fraction of sp³-hybridized carbons (Fsp3) is 0.857. The summed E-state index contributed by atoms with van der Waals surface area (Å²) in [7, 11) is 2.86. The van der Waals surface area contributed by atoms with Gasteiger partial charge in [-0.3, -0.25) is 4.79 Å². The Hall–Kier alpha value is -0.650. The zero-order chi connectivity index (χ0) is 9.40. The average Bonchev–Trinajstić information content (AvgIpc) is 2.10. The lowest BCUT2D eigenvalue weighted by atomic mass is 10.3. The molecule has 0 unspecified atom stereocenters. The van der Waals surface area contributed by atoms with E-state index in [2.05, 4.69) is 4.74 Å². The number of esters is 1. The van der Waals surface area contributed by atoms with Crippen molar-refractivity contribution in [3.63, 3.8) is 0 Å². The highest BCUT2D eigenvalue weighted by Gasteiger charge is 2.12. The Balaban J connectivity index is 3.31. The molecule has 0 aliphatic heterocycles. The van der Waals surface area contributed by atoms with Gasteiger partial charge in [0, 0.05) is 7.11 Å². The van der Waals surface area contributed by atoms with Crippen molar-refractivity contribution in [3.05, 3.63) is 0 Å². The predicted octanol–water partition coefficient (Wildman–Crippen LogP) is -0.850. The smallest absolute Gasteiger partial charge is 0.325 e. The van der Waals surface area contributed by atoms with Crippen molar-refractivity contribution in [2.75, 3.05) is 34.0 Å². The molecule has 0 aliphatic rings. The fourth-order valence-corrected chi connectivity index (χ4v) is 0.572. The second-order valence-electron chi connectivity index (χ2n) is 2.20. The van der Waals surface area contributed by atoms with Crippen LogP contribution < -0.4 is 5.73 Å². The van der Waals surface area contributed by atoms with Crippen LogP contribution in [0.15, 0.2) is 0 Å². The van der Waals surface area contributed by atoms with Gasteiger partial charge in [0.05, 0.1) is 26.9 Å².